The van der Waals surface area contributed by atoms with Crippen LogP contribution in [0.1, 0.15) is 36.8 Å². The van der Waals surface area contributed by atoms with Crippen LogP contribution in [0.15, 0.2) is 76.7 Å². The largest absolute Gasteiger partial charge is 0.370 e. The number of carbonyl (C=O) groups excluding carboxylic acids is 5. The molecular formula is C36H46FN11O5. The van der Waals surface area contributed by atoms with Crippen LogP contribution in [0.3, 0.4) is 0 Å². The van der Waals surface area contributed by atoms with Gasteiger partial charge < -0.3 is 49.5 Å². The molecule has 1 fully saturated rings. The number of benzene rings is 3. The average Bonchev–Trinajstić information content (AvgIpc) is 3.12. The summed E-state index contributed by atoms with van der Waals surface area (Å²) in [4.78, 5) is 76.3. The van der Waals surface area contributed by atoms with Crippen LogP contribution < -0.4 is 49.5 Å². The molecule has 0 spiro atoms. The summed E-state index contributed by atoms with van der Waals surface area (Å²) in [6.45, 7) is -0.234. The number of halogens is 1. The fraction of sp³-hybridized carbons (Fsp3) is 0.361. The van der Waals surface area contributed by atoms with Crippen LogP contribution in [0, 0.1) is 5.82 Å². The highest BCUT2D eigenvalue weighted by atomic mass is 19.1. The smallest absolute Gasteiger partial charge is 0.243 e. The highest BCUT2D eigenvalue weighted by Gasteiger charge is 2.32. The summed E-state index contributed by atoms with van der Waals surface area (Å²) < 4.78 is 13.7. The quantitative estimate of drug-likeness (QED) is 0.0623. The van der Waals surface area contributed by atoms with Gasteiger partial charge in [0, 0.05) is 25.9 Å². The fourth-order valence-corrected chi connectivity index (χ4v) is 5.77. The molecule has 282 valence electrons. The number of aliphatic imine (C=N–C) groups is 2. The molecule has 0 unspecified atom stereocenters. The molecule has 0 saturated carbocycles. The number of nitrogens with zero attached hydrogens (tertiary/aromatic N) is 2. The topological polar surface area (TPSA) is 274 Å². The molecule has 16 nitrogen and oxygen atoms in total. The lowest BCUT2D eigenvalue weighted by Gasteiger charge is -2.26. The minimum atomic E-state index is -1.23. The Morgan fingerprint density at radius 3 is 1.68 bits per heavy atom. The molecule has 53 heavy (non-hydrogen) atoms. The molecule has 4 atom stereocenters. The van der Waals surface area contributed by atoms with Gasteiger partial charge >= 0.3 is 0 Å². The second-order valence-corrected chi connectivity index (χ2v) is 12.6. The van der Waals surface area contributed by atoms with Crippen LogP contribution in [-0.2, 0) is 36.8 Å². The van der Waals surface area contributed by atoms with E-state index in [-0.39, 0.29) is 63.5 Å². The van der Waals surface area contributed by atoms with Crippen molar-refractivity contribution in [3.63, 3.8) is 0 Å². The predicted octanol–water partition coefficient (Wildman–Crippen LogP) is -1.06. The number of hydrogen-bond acceptors (Lipinski definition) is 7. The van der Waals surface area contributed by atoms with Gasteiger partial charge in [-0.2, -0.15) is 0 Å². The first kappa shape index (κ1) is 39.5. The van der Waals surface area contributed by atoms with Gasteiger partial charge in [0.05, 0.1) is 6.54 Å². The van der Waals surface area contributed by atoms with Gasteiger partial charge in [0.25, 0.3) is 0 Å². The molecule has 0 radical (unpaired) electrons. The molecule has 0 aromatic heterocycles. The van der Waals surface area contributed by atoms with Crippen LogP contribution in [0.25, 0.3) is 10.8 Å². The first-order valence-electron chi connectivity index (χ1n) is 17.2. The molecule has 17 heteroatoms. The Morgan fingerprint density at radius 1 is 0.604 bits per heavy atom. The number of amides is 5. The number of hydrogen-bond donors (Lipinski definition) is 9. The summed E-state index contributed by atoms with van der Waals surface area (Å²) in [6, 6.07) is 13.9. The predicted molar refractivity (Wildman–Crippen MR) is 198 cm³/mol. The molecule has 1 heterocycles. The van der Waals surface area contributed by atoms with E-state index in [2.05, 4.69) is 36.6 Å². The van der Waals surface area contributed by atoms with E-state index >= 15 is 0 Å². The minimum Gasteiger partial charge on any atom is -0.370 e. The third-order valence-electron chi connectivity index (χ3n) is 8.47. The van der Waals surface area contributed by atoms with Crippen molar-refractivity contribution in [1.29, 1.82) is 0 Å². The van der Waals surface area contributed by atoms with Crippen LogP contribution in [-0.4, -0.2) is 85.3 Å². The van der Waals surface area contributed by atoms with Crippen molar-refractivity contribution in [1.82, 2.24) is 26.6 Å². The van der Waals surface area contributed by atoms with E-state index in [9.17, 15) is 28.4 Å². The van der Waals surface area contributed by atoms with E-state index < -0.39 is 66.1 Å². The summed E-state index contributed by atoms with van der Waals surface area (Å²) in [7, 11) is 0. The Balaban J connectivity index is 1.68. The molecule has 4 rings (SSSR count). The molecule has 0 aliphatic carbocycles. The summed E-state index contributed by atoms with van der Waals surface area (Å²) in [5.41, 5.74) is 23.1. The molecule has 13 N–H and O–H groups in total. The zero-order valence-corrected chi connectivity index (χ0v) is 29.1. The van der Waals surface area contributed by atoms with Gasteiger partial charge in [-0.15, -0.1) is 0 Å². The van der Waals surface area contributed by atoms with E-state index in [0.29, 0.717) is 5.56 Å². The molecule has 1 saturated heterocycles. The Labute approximate surface area is 305 Å². The van der Waals surface area contributed by atoms with Crippen molar-refractivity contribution in [3.05, 3.63) is 83.7 Å². The summed E-state index contributed by atoms with van der Waals surface area (Å²) in [5.74, 6) is -4.27. The van der Waals surface area contributed by atoms with Gasteiger partial charge in [0.1, 0.15) is 30.0 Å². The average molecular weight is 732 g/mol. The summed E-state index contributed by atoms with van der Waals surface area (Å²) >= 11 is 0. The van der Waals surface area contributed by atoms with Crippen molar-refractivity contribution in [3.8, 4) is 0 Å². The van der Waals surface area contributed by atoms with Gasteiger partial charge in [0.2, 0.25) is 29.5 Å². The highest BCUT2D eigenvalue weighted by molar-refractivity contribution is 5.97. The molecule has 0 bridgehead atoms. The van der Waals surface area contributed by atoms with Gasteiger partial charge in [-0.1, -0.05) is 54.6 Å². The van der Waals surface area contributed by atoms with Crippen LogP contribution in [0.4, 0.5) is 4.39 Å². The molecule has 5 amide bonds. The Kier molecular flexibility index (Phi) is 14.4. The number of fused-ring (bicyclic) bond motifs is 1. The van der Waals surface area contributed by atoms with Crippen LogP contribution >= 0.6 is 0 Å². The minimum absolute atomic E-state index is 0.0541. The first-order chi connectivity index (χ1) is 25.4. The molecule has 3 aromatic rings. The molecule has 3 aromatic carbocycles. The molecule has 1 aliphatic rings. The Bertz CT molecular complexity index is 1830. The van der Waals surface area contributed by atoms with E-state index in [1.807, 2.05) is 42.5 Å². The summed E-state index contributed by atoms with van der Waals surface area (Å²) in [6.07, 6.45) is 0.654. The number of nitrogens with two attached hydrogens (primary N) is 4. The highest BCUT2D eigenvalue weighted by Crippen LogP contribution is 2.17. The monoisotopic (exact) mass is 731 g/mol. The second-order valence-electron chi connectivity index (χ2n) is 12.6. The van der Waals surface area contributed by atoms with E-state index in [0.717, 1.165) is 16.3 Å². The van der Waals surface area contributed by atoms with Crippen molar-refractivity contribution >= 4 is 52.2 Å². The number of nitrogens with one attached hydrogen (secondary N) is 5. The lowest BCUT2D eigenvalue weighted by molar-refractivity contribution is -0.134. The van der Waals surface area contributed by atoms with Crippen molar-refractivity contribution in [2.75, 3.05) is 19.6 Å². The lowest BCUT2D eigenvalue weighted by Crippen LogP contribution is -2.58. The van der Waals surface area contributed by atoms with E-state index in [4.69, 9.17) is 22.9 Å². The van der Waals surface area contributed by atoms with Gasteiger partial charge in [-0.05, 0) is 59.7 Å². The van der Waals surface area contributed by atoms with Gasteiger partial charge in [-0.25, -0.2) is 4.39 Å². The maximum atomic E-state index is 13.9. The summed E-state index contributed by atoms with van der Waals surface area (Å²) in [5, 5.41) is 15.3. The third-order valence-corrected chi connectivity index (χ3v) is 8.47. The first-order valence-corrected chi connectivity index (χ1v) is 17.2. The van der Waals surface area contributed by atoms with Gasteiger partial charge in [-0.3, -0.25) is 34.0 Å². The molecule has 1 aliphatic heterocycles. The van der Waals surface area contributed by atoms with Crippen molar-refractivity contribution < 1.29 is 28.4 Å². The lowest BCUT2D eigenvalue weighted by atomic mass is 10.0. The van der Waals surface area contributed by atoms with Gasteiger partial charge in [0.15, 0.2) is 11.9 Å². The maximum absolute atomic E-state index is 13.9. The number of carbonyl (C=O) groups is 5. The zero-order chi connectivity index (χ0) is 38.3. The Morgan fingerprint density at radius 2 is 1.09 bits per heavy atom. The van der Waals surface area contributed by atoms with Crippen LogP contribution in [0.5, 0.6) is 0 Å². The SMILES string of the molecule is NC(N)=NCCC[C@@H]1NC(=O)[C@H](CCCN=C(N)N)NC(=O)[C@@H](Cc2ccc(F)cc2)NC(=O)CNC(=O)[C@H](Cc2ccc3ccccc3c2)NC1=O. The van der Waals surface area contributed by atoms with Crippen molar-refractivity contribution in [2.45, 2.75) is 62.7 Å². The normalized spacial score (nSPS) is 20.1. The third kappa shape index (κ3) is 12.8. The van der Waals surface area contributed by atoms with Crippen molar-refractivity contribution in [2.24, 2.45) is 32.9 Å². The van der Waals surface area contributed by atoms with E-state index in [1.165, 1.54) is 24.3 Å². The number of rotatable bonds is 12. The second kappa shape index (κ2) is 19.4. The fourth-order valence-electron chi connectivity index (χ4n) is 5.77. The standard InChI is InChI=1S/C36H46FN11O5/c37-25-13-10-21(11-14-25)18-29-34(53)47-26(7-3-15-42-35(38)39)32(51)46-27(8-4-16-43-36(40)41)33(52)48-28(31(50)44-20-30(49)45-29)19-22-9-12-23-5-1-2-6-24(23)17-22/h1-2,5-6,9-14,17,26-29H,3-4,7-8,15-16,18-20H2,(H,44,50)(H,45,49)(H,46,51)(H,47,53)(H,48,52)(H4,38,39,42)(H4,40,41,43)/t26-,27-,28-,29+/m0/s1. The maximum Gasteiger partial charge on any atom is 0.243 e. The number of guanidine groups is 2. The molecular weight excluding hydrogens is 685 g/mol. The van der Waals surface area contributed by atoms with Crippen LogP contribution in [0.2, 0.25) is 0 Å². The zero-order valence-electron chi connectivity index (χ0n) is 29.1. The Hall–Kier alpha value is -6.26. The van der Waals surface area contributed by atoms with E-state index in [1.54, 1.807) is 0 Å².